The van der Waals surface area contributed by atoms with Crippen molar-refractivity contribution in [1.82, 2.24) is 4.98 Å². The molecule has 36 heavy (non-hydrogen) atoms. The number of quaternary nitrogens is 1. The molecule has 0 amide bonds. The van der Waals surface area contributed by atoms with E-state index >= 15 is 0 Å². The number of rotatable bonds is 4. The Balaban J connectivity index is 1.37. The van der Waals surface area contributed by atoms with E-state index in [1.54, 1.807) is 6.20 Å². The third-order valence-corrected chi connectivity index (χ3v) is 7.83. The van der Waals surface area contributed by atoms with Crippen LogP contribution in [0.15, 0.2) is 94.4 Å². The minimum absolute atomic E-state index is 0.0396. The summed E-state index contributed by atoms with van der Waals surface area (Å²) in [6, 6.07) is 20.5. The molecule has 6 nitrogen and oxygen atoms in total. The Kier molecular flexibility index (Phi) is 5.78. The third-order valence-electron chi connectivity index (χ3n) is 7.37. The fraction of sp³-hybridized carbons (Fsp3) is 0.241. The number of allylic oxidation sites excluding steroid dienone is 2. The Morgan fingerprint density at radius 3 is 2.56 bits per heavy atom. The van der Waals surface area contributed by atoms with E-state index in [-0.39, 0.29) is 21.8 Å². The standard InChI is InChI=1S/C29H26ClN4O2/c1-36-29(35)22-10-8-21(9-11-22)27-26-18-31-15-16-34(26,30)28(33-27)23-12-7-20-13-14-24(32-25(20)17-23)19-5-3-2-4-6-19/h2-7,12-18,21-22H,8-11H2,1H3/q+1. The molecule has 1 atom stereocenters. The largest absolute Gasteiger partial charge is 0.469 e. The van der Waals surface area contributed by atoms with Crippen molar-refractivity contribution in [1.29, 1.82) is 0 Å². The van der Waals surface area contributed by atoms with E-state index in [1.807, 2.05) is 36.7 Å². The Morgan fingerprint density at radius 2 is 1.78 bits per heavy atom. The quantitative estimate of drug-likeness (QED) is 0.310. The molecule has 0 radical (unpaired) electrons. The van der Waals surface area contributed by atoms with Crippen molar-refractivity contribution in [3.63, 3.8) is 0 Å². The fourth-order valence-corrected chi connectivity index (χ4v) is 5.73. The van der Waals surface area contributed by atoms with Gasteiger partial charge >= 0.3 is 5.97 Å². The highest BCUT2D eigenvalue weighted by Gasteiger charge is 2.48. The number of fused-ring (bicyclic) bond motifs is 2. The van der Waals surface area contributed by atoms with Gasteiger partial charge < -0.3 is 4.74 Å². The summed E-state index contributed by atoms with van der Waals surface area (Å²) in [5.74, 6) is 0.802. The van der Waals surface area contributed by atoms with Gasteiger partial charge in [-0.3, -0.25) is 9.79 Å². The van der Waals surface area contributed by atoms with Gasteiger partial charge in [-0.15, -0.1) is 4.00 Å². The van der Waals surface area contributed by atoms with Gasteiger partial charge in [-0.1, -0.05) is 42.5 Å². The molecule has 0 N–H and O–H groups in total. The Labute approximate surface area is 215 Å². The summed E-state index contributed by atoms with van der Waals surface area (Å²) in [4.78, 5) is 26.4. The molecule has 0 bridgehead atoms. The molecule has 0 saturated heterocycles. The first-order chi connectivity index (χ1) is 17.6. The number of carbonyl (C=O) groups is 1. The monoisotopic (exact) mass is 497 g/mol. The summed E-state index contributed by atoms with van der Waals surface area (Å²) in [6.07, 6.45) is 8.70. The number of hydrogen-bond donors (Lipinski definition) is 0. The van der Waals surface area contributed by atoms with E-state index in [4.69, 9.17) is 26.5 Å². The zero-order valence-electron chi connectivity index (χ0n) is 20.0. The predicted octanol–water partition coefficient (Wildman–Crippen LogP) is 6.38. The van der Waals surface area contributed by atoms with Gasteiger partial charge in [-0.05, 0) is 43.9 Å². The topological polar surface area (TPSA) is 63.9 Å². The number of pyridine rings is 1. The summed E-state index contributed by atoms with van der Waals surface area (Å²) in [5, 5.41) is 1.06. The van der Waals surface area contributed by atoms with Crippen molar-refractivity contribution in [3.05, 3.63) is 90.0 Å². The first-order valence-corrected chi connectivity index (χ1v) is 12.6. The second-order valence-electron chi connectivity index (χ2n) is 9.46. The predicted molar refractivity (Wildman–Crippen MR) is 142 cm³/mol. The van der Waals surface area contributed by atoms with Gasteiger partial charge in [0.05, 0.1) is 42.2 Å². The minimum Gasteiger partial charge on any atom is -0.469 e. The molecule has 180 valence electrons. The number of carbonyl (C=O) groups excluding carboxylic acids is 1. The number of ether oxygens (including phenoxy) is 1. The number of esters is 1. The van der Waals surface area contributed by atoms with Crippen molar-refractivity contribution in [3.8, 4) is 11.3 Å². The SMILES string of the molecule is COC(=O)C1CCC(C2=C3C=NC=C[N+]3(Cl)C(c3ccc4ccc(-c5ccccc5)nc4c3)=N2)CC1. The molecule has 1 fully saturated rings. The van der Waals surface area contributed by atoms with Crippen molar-refractivity contribution in [2.24, 2.45) is 21.8 Å². The molecule has 1 aliphatic carbocycles. The maximum absolute atomic E-state index is 12.0. The first-order valence-electron chi connectivity index (χ1n) is 12.2. The third kappa shape index (κ3) is 3.87. The zero-order chi connectivity index (χ0) is 24.7. The number of aliphatic imine (C=N–C) groups is 2. The van der Waals surface area contributed by atoms with Crippen LogP contribution in [0.5, 0.6) is 0 Å². The molecular weight excluding hydrogens is 472 g/mol. The van der Waals surface area contributed by atoms with Crippen molar-refractivity contribution in [2.45, 2.75) is 25.7 Å². The highest BCUT2D eigenvalue weighted by atomic mass is 35.5. The molecule has 1 saturated carbocycles. The molecule has 7 heteroatoms. The lowest BCUT2D eigenvalue weighted by atomic mass is 9.80. The van der Waals surface area contributed by atoms with Gasteiger partial charge in [0.1, 0.15) is 11.9 Å². The lowest BCUT2D eigenvalue weighted by Gasteiger charge is -2.27. The minimum atomic E-state index is -0.120. The summed E-state index contributed by atoms with van der Waals surface area (Å²) in [5.41, 5.74) is 5.65. The van der Waals surface area contributed by atoms with Crippen LogP contribution in [0, 0.1) is 11.8 Å². The zero-order valence-corrected chi connectivity index (χ0v) is 20.7. The number of halogens is 1. The highest BCUT2D eigenvalue weighted by molar-refractivity contribution is 6.20. The van der Waals surface area contributed by atoms with Crippen LogP contribution < -0.4 is 0 Å². The average molecular weight is 498 g/mol. The van der Waals surface area contributed by atoms with Crippen LogP contribution in [-0.2, 0) is 9.53 Å². The molecule has 0 spiro atoms. The number of methoxy groups -OCH3 is 1. The van der Waals surface area contributed by atoms with E-state index in [0.717, 1.165) is 70.6 Å². The molecule has 3 aliphatic rings. The lowest BCUT2D eigenvalue weighted by molar-refractivity contribution is -0.600. The molecule has 2 aromatic carbocycles. The van der Waals surface area contributed by atoms with Crippen LogP contribution in [0.25, 0.3) is 22.2 Å². The normalized spacial score (nSPS) is 25.1. The summed E-state index contributed by atoms with van der Waals surface area (Å²) in [6.45, 7) is 0. The number of nitrogens with zero attached hydrogens (tertiary/aromatic N) is 4. The van der Waals surface area contributed by atoms with Crippen LogP contribution in [0.2, 0.25) is 0 Å². The molecule has 6 rings (SSSR count). The van der Waals surface area contributed by atoms with Crippen molar-refractivity contribution in [2.75, 3.05) is 7.11 Å². The Morgan fingerprint density at radius 1 is 1.00 bits per heavy atom. The highest BCUT2D eigenvalue weighted by Crippen LogP contribution is 2.44. The van der Waals surface area contributed by atoms with E-state index < -0.39 is 0 Å². The maximum Gasteiger partial charge on any atom is 0.308 e. The summed E-state index contributed by atoms with van der Waals surface area (Å²) in [7, 11) is 1.46. The van der Waals surface area contributed by atoms with Gasteiger partial charge in [0.15, 0.2) is 11.8 Å². The lowest BCUT2D eigenvalue weighted by Crippen LogP contribution is -2.38. The van der Waals surface area contributed by atoms with Gasteiger partial charge in [0.2, 0.25) is 5.70 Å². The van der Waals surface area contributed by atoms with E-state index in [2.05, 4.69) is 41.4 Å². The van der Waals surface area contributed by atoms with Crippen molar-refractivity contribution >= 4 is 40.7 Å². The van der Waals surface area contributed by atoms with Crippen LogP contribution in [0.1, 0.15) is 31.2 Å². The van der Waals surface area contributed by atoms with Crippen molar-refractivity contribution < 1.29 is 13.5 Å². The van der Waals surface area contributed by atoms with Gasteiger partial charge in [-0.25, -0.2) is 4.98 Å². The smallest absolute Gasteiger partial charge is 0.308 e. The van der Waals surface area contributed by atoms with Crippen LogP contribution >= 0.6 is 11.8 Å². The van der Waals surface area contributed by atoms with E-state index in [0.29, 0.717) is 0 Å². The molecule has 3 aromatic rings. The van der Waals surface area contributed by atoms with Crippen LogP contribution in [0.3, 0.4) is 0 Å². The van der Waals surface area contributed by atoms with Gasteiger partial charge in [0.25, 0.3) is 5.84 Å². The summed E-state index contributed by atoms with van der Waals surface area (Å²) >= 11 is 7.24. The molecule has 1 aromatic heterocycles. The fourth-order valence-electron chi connectivity index (χ4n) is 5.42. The van der Waals surface area contributed by atoms with Crippen LogP contribution in [-0.4, -0.2) is 34.1 Å². The second-order valence-corrected chi connectivity index (χ2v) is 9.99. The van der Waals surface area contributed by atoms with E-state index in [9.17, 15) is 4.79 Å². The summed E-state index contributed by atoms with van der Waals surface area (Å²) < 4.78 is 4.92. The Hall–Kier alpha value is -3.61. The number of aromatic nitrogens is 1. The number of benzene rings is 2. The number of amidine groups is 1. The Bertz CT molecular complexity index is 1470. The second kappa shape index (κ2) is 9.12. The average Bonchev–Trinajstić information content (AvgIpc) is 3.25. The van der Waals surface area contributed by atoms with E-state index in [1.165, 1.54) is 7.11 Å². The molecule has 1 unspecified atom stereocenters. The first kappa shape index (κ1) is 22.8. The van der Waals surface area contributed by atoms with Crippen LogP contribution in [0.4, 0.5) is 0 Å². The molecule has 2 aliphatic heterocycles. The number of hydrogen-bond acceptors (Lipinski definition) is 5. The van der Waals surface area contributed by atoms with Gasteiger partial charge in [0, 0.05) is 16.9 Å². The molecule has 3 heterocycles. The maximum atomic E-state index is 12.0. The molecular formula is C29H26ClN4O2+. The van der Waals surface area contributed by atoms with Gasteiger partial charge in [-0.2, -0.15) is 4.99 Å².